The number of rotatable bonds is 7. The van der Waals surface area contributed by atoms with Crippen LogP contribution in [0.15, 0.2) is 46.9 Å². The number of benzene rings is 2. The SMILES string of the molecule is CC(C)(C)CC(C)(C)[NH2+]Cc1cc(Br)ccc1OCc1ccccc1F. The monoisotopic (exact) mass is 422 g/mol. The highest BCUT2D eigenvalue weighted by Gasteiger charge is 2.28. The van der Waals surface area contributed by atoms with Crippen LogP contribution < -0.4 is 10.1 Å². The minimum atomic E-state index is -0.232. The average molecular weight is 423 g/mol. The van der Waals surface area contributed by atoms with Gasteiger partial charge in [-0.2, -0.15) is 0 Å². The van der Waals surface area contributed by atoms with Crippen molar-refractivity contribution in [2.24, 2.45) is 5.41 Å². The first-order valence-electron chi connectivity index (χ1n) is 9.05. The van der Waals surface area contributed by atoms with Crippen molar-refractivity contribution in [1.82, 2.24) is 0 Å². The molecule has 2 N–H and O–H groups in total. The van der Waals surface area contributed by atoms with Gasteiger partial charge in [-0.05, 0) is 43.5 Å². The van der Waals surface area contributed by atoms with Gasteiger partial charge in [-0.1, -0.05) is 54.9 Å². The third-order valence-corrected chi connectivity index (χ3v) is 4.72. The lowest BCUT2D eigenvalue weighted by Gasteiger charge is -2.30. The Morgan fingerprint density at radius 1 is 1.00 bits per heavy atom. The van der Waals surface area contributed by atoms with Gasteiger partial charge in [-0.3, -0.25) is 0 Å². The normalized spacial score (nSPS) is 12.3. The Bertz CT molecular complexity index is 737. The second-order valence-electron chi connectivity index (χ2n) is 8.77. The third-order valence-electron chi connectivity index (χ3n) is 4.22. The predicted octanol–water partition coefficient (Wildman–Crippen LogP) is 5.45. The molecule has 4 heteroatoms. The molecule has 0 bridgehead atoms. The van der Waals surface area contributed by atoms with Crippen LogP contribution in [0.2, 0.25) is 0 Å². The van der Waals surface area contributed by atoms with E-state index in [2.05, 4.69) is 61.9 Å². The van der Waals surface area contributed by atoms with Crippen LogP contribution in [0.5, 0.6) is 5.75 Å². The molecular weight excluding hydrogens is 393 g/mol. The van der Waals surface area contributed by atoms with Crippen molar-refractivity contribution in [2.45, 2.75) is 59.7 Å². The first-order valence-corrected chi connectivity index (χ1v) is 9.84. The van der Waals surface area contributed by atoms with E-state index in [0.717, 1.165) is 28.8 Å². The second-order valence-corrected chi connectivity index (χ2v) is 9.68. The average Bonchev–Trinajstić information content (AvgIpc) is 2.51. The third kappa shape index (κ3) is 6.73. The lowest BCUT2D eigenvalue weighted by atomic mass is 9.82. The molecule has 2 aromatic rings. The van der Waals surface area contributed by atoms with E-state index in [9.17, 15) is 4.39 Å². The number of nitrogens with two attached hydrogens (primary N) is 1. The van der Waals surface area contributed by atoms with Gasteiger partial charge in [0, 0.05) is 22.0 Å². The fraction of sp³-hybridized carbons (Fsp3) is 0.455. The first-order chi connectivity index (χ1) is 12.1. The van der Waals surface area contributed by atoms with Gasteiger partial charge in [0.2, 0.25) is 0 Å². The van der Waals surface area contributed by atoms with Gasteiger partial charge in [-0.15, -0.1) is 0 Å². The lowest BCUT2D eigenvalue weighted by molar-refractivity contribution is -0.737. The number of ether oxygens (including phenoxy) is 1. The summed E-state index contributed by atoms with van der Waals surface area (Å²) in [5.74, 6) is 0.572. The standard InChI is InChI=1S/C22H29BrFNO/c1-21(2,3)15-22(4,5)25-13-17-12-18(23)10-11-20(17)26-14-16-8-6-7-9-19(16)24/h6-12,25H,13-15H2,1-5H3/p+1. The molecule has 0 aliphatic rings. The Labute approximate surface area is 165 Å². The number of hydrogen-bond acceptors (Lipinski definition) is 1. The summed E-state index contributed by atoms with van der Waals surface area (Å²) in [4.78, 5) is 0. The molecule has 0 unspecified atom stereocenters. The van der Waals surface area contributed by atoms with Crippen LogP contribution in [0.4, 0.5) is 4.39 Å². The van der Waals surface area contributed by atoms with Crippen molar-refractivity contribution in [2.75, 3.05) is 0 Å². The van der Waals surface area contributed by atoms with E-state index in [1.54, 1.807) is 12.1 Å². The Kier molecular flexibility index (Phi) is 6.86. The van der Waals surface area contributed by atoms with Gasteiger partial charge in [0.15, 0.2) is 0 Å². The molecule has 0 heterocycles. The molecule has 0 saturated heterocycles. The van der Waals surface area contributed by atoms with E-state index in [4.69, 9.17) is 4.74 Å². The van der Waals surface area contributed by atoms with E-state index in [1.165, 1.54) is 6.07 Å². The smallest absolute Gasteiger partial charge is 0.129 e. The van der Waals surface area contributed by atoms with Gasteiger partial charge in [-0.25, -0.2) is 4.39 Å². The zero-order valence-electron chi connectivity index (χ0n) is 16.4. The van der Waals surface area contributed by atoms with E-state index in [1.807, 2.05) is 18.2 Å². The largest absolute Gasteiger partial charge is 0.488 e. The highest BCUT2D eigenvalue weighted by atomic mass is 79.9. The highest BCUT2D eigenvalue weighted by molar-refractivity contribution is 9.10. The molecular formula is C22H30BrFNO+. The van der Waals surface area contributed by atoms with Crippen LogP contribution >= 0.6 is 15.9 Å². The topological polar surface area (TPSA) is 25.8 Å². The van der Waals surface area contributed by atoms with E-state index >= 15 is 0 Å². The van der Waals surface area contributed by atoms with Crippen molar-refractivity contribution in [3.8, 4) is 5.75 Å². The Hall–Kier alpha value is -1.39. The van der Waals surface area contributed by atoms with Crippen LogP contribution in [0.3, 0.4) is 0 Å². The quantitative estimate of drug-likeness (QED) is 0.630. The van der Waals surface area contributed by atoms with Crippen LogP contribution in [0.1, 0.15) is 52.2 Å². The zero-order valence-corrected chi connectivity index (χ0v) is 18.0. The summed E-state index contributed by atoms with van der Waals surface area (Å²) in [7, 11) is 0. The van der Waals surface area contributed by atoms with Crippen LogP contribution in [0.25, 0.3) is 0 Å². The first kappa shape index (κ1) is 20.9. The van der Waals surface area contributed by atoms with Gasteiger partial charge in [0.05, 0.1) is 5.54 Å². The highest BCUT2D eigenvalue weighted by Crippen LogP contribution is 2.26. The number of quaternary nitrogens is 1. The molecule has 0 aliphatic carbocycles. The van der Waals surface area contributed by atoms with Gasteiger partial charge in [0.25, 0.3) is 0 Å². The molecule has 0 aromatic heterocycles. The fourth-order valence-electron chi connectivity index (χ4n) is 3.44. The maximum atomic E-state index is 13.8. The van der Waals surface area contributed by atoms with Crippen molar-refractivity contribution < 1.29 is 14.4 Å². The molecule has 0 aliphatic heterocycles. The van der Waals surface area contributed by atoms with E-state index < -0.39 is 0 Å². The summed E-state index contributed by atoms with van der Waals surface area (Å²) >= 11 is 3.54. The molecule has 26 heavy (non-hydrogen) atoms. The van der Waals surface area contributed by atoms with Crippen LogP contribution in [-0.4, -0.2) is 5.54 Å². The molecule has 0 fully saturated rings. The van der Waals surface area contributed by atoms with Crippen molar-refractivity contribution >= 4 is 15.9 Å². The molecule has 2 nitrogen and oxygen atoms in total. The maximum absolute atomic E-state index is 13.8. The van der Waals surface area contributed by atoms with Crippen LogP contribution in [-0.2, 0) is 13.2 Å². The maximum Gasteiger partial charge on any atom is 0.129 e. The molecule has 142 valence electrons. The van der Waals surface area contributed by atoms with E-state index in [0.29, 0.717) is 5.56 Å². The summed E-state index contributed by atoms with van der Waals surface area (Å²) in [5.41, 5.74) is 2.08. The minimum absolute atomic E-state index is 0.128. The Balaban J connectivity index is 2.08. The van der Waals surface area contributed by atoms with Crippen LogP contribution in [0, 0.1) is 11.2 Å². The van der Waals surface area contributed by atoms with Gasteiger partial charge < -0.3 is 10.1 Å². The summed E-state index contributed by atoms with van der Waals surface area (Å²) in [6, 6.07) is 12.7. The van der Waals surface area contributed by atoms with Gasteiger partial charge >= 0.3 is 0 Å². The Morgan fingerprint density at radius 3 is 2.35 bits per heavy atom. The Morgan fingerprint density at radius 2 is 1.69 bits per heavy atom. The number of halogens is 2. The summed E-state index contributed by atoms with van der Waals surface area (Å²) in [6.07, 6.45) is 1.11. The molecule has 0 saturated carbocycles. The fourth-order valence-corrected chi connectivity index (χ4v) is 3.85. The van der Waals surface area contributed by atoms with E-state index in [-0.39, 0.29) is 23.4 Å². The molecule has 2 aromatic carbocycles. The van der Waals surface area contributed by atoms with Crippen molar-refractivity contribution in [3.05, 3.63) is 63.9 Å². The summed E-state index contributed by atoms with van der Waals surface area (Å²) in [6.45, 7) is 12.4. The molecule has 0 radical (unpaired) electrons. The molecule has 0 amide bonds. The zero-order chi connectivity index (χ0) is 19.4. The predicted molar refractivity (Wildman–Crippen MR) is 109 cm³/mol. The van der Waals surface area contributed by atoms with Crippen molar-refractivity contribution in [1.29, 1.82) is 0 Å². The van der Waals surface area contributed by atoms with Gasteiger partial charge in [0.1, 0.15) is 24.7 Å². The molecule has 0 spiro atoms. The minimum Gasteiger partial charge on any atom is -0.488 e. The number of hydrogen-bond donors (Lipinski definition) is 1. The lowest BCUT2D eigenvalue weighted by Crippen LogP contribution is -2.94. The summed E-state index contributed by atoms with van der Waals surface area (Å²) < 4.78 is 20.8. The molecule has 2 rings (SSSR count). The summed E-state index contributed by atoms with van der Waals surface area (Å²) in [5, 5.41) is 2.36. The van der Waals surface area contributed by atoms with Crippen molar-refractivity contribution in [3.63, 3.8) is 0 Å². The second kappa shape index (κ2) is 8.53. The molecule has 0 atom stereocenters.